The highest BCUT2D eigenvalue weighted by Crippen LogP contribution is 2.11. The molecule has 116 valence electrons. The second kappa shape index (κ2) is 8.42. The Morgan fingerprint density at radius 3 is 2.57 bits per heavy atom. The van der Waals surface area contributed by atoms with Gasteiger partial charge in [0.05, 0.1) is 12.6 Å². The maximum absolute atomic E-state index is 12.3. The SMILES string of the molecule is CCNC(=O)CN(CC)[C@H](C)C(=O)Nc1cccc(C)c1. The maximum Gasteiger partial charge on any atom is 0.241 e. The highest BCUT2D eigenvalue weighted by molar-refractivity contribution is 5.95. The van der Waals surface area contributed by atoms with E-state index < -0.39 is 0 Å². The number of hydrogen-bond donors (Lipinski definition) is 2. The van der Waals surface area contributed by atoms with Gasteiger partial charge in [0.15, 0.2) is 0 Å². The van der Waals surface area contributed by atoms with Crippen molar-refractivity contribution < 1.29 is 9.59 Å². The van der Waals surface area contributed by atoms with Crippen molar-refractivity contribution >= 4 is 17.5 Å². The first kappa shape index (κ1) is 17.2. The Kier molecular flexibility index (Phi) is 6.88. The molecule has 5 nitrogen and oxygen atoms in total. The summed E-state index contributed by atoms with van der Waals surface area (Å²) in [6.45, 7) is 9.07. The van der Waals surface area contributed by atoms with Crippen LogP contribution in [0.4, 0.5) is 5.69 Å². The van der Waals surface area contributed by atoms with Gasteiger partial charge in [-0.15, -0.1) is 0 Å². The monoisotopic (exact) mass is 291 g/mol. The lowest BCUT2D eigenvalue weighted by molar-refractivity contribution is -0.125. The Morgan fingerprint density at radius 2 is 2.00 bits per heavy atom. The zero-order valence-electron chi connectivity index (χ0n) is 13.3. The van der Waals surface area contributed by atoms with Crippen LogP contribution >= 0.6 is 0 Å². The number of carbonyl (C=O) groups excluding carboxylic acids is 2. The fourth-order valence-corrected chi connectivity index (χ4v) is 2.10. The number of aryl methyl sites for hydroxylation is 1. The van der Waals surface area contributed by atoms with Crippen LogP contribution in [-0.4, -0.2) is 42.4 Å². The molecular formula is C16H25N3O2. The van der Waals surface area contributed by atoms with Gasteiger partial charge in [-0.05, 0) is 45.0 Å². The average Bonchev–Trinajstić information content (AvgIpc) is 2.44. The Hall–Kier alpha value is -1.88. The number of carbonyl (C=O) groups is 2. The molecule has 2 amide bonds. The third kappa shape index (κ3) is 5.55. The number of likely N-dealkylation sites (N-methyl/N-ethyl adjacent to an activating group) is 2. The van der Waals surface area contributed by atoms with Gasteiger partial charge in [-0.25, -0.2) is 0 Å². The van der Waals surface area contributed by atoms with Gasteiger partial charge in [-0.3, -0.25) is 14.5 Å². The molecule has 1 aromatic rings. The first-order valence-electron chi connectivity index (χ1n) is 7.36. The van der Waals surface area contributed by atoms with Crippen LogP contribution in [0.5, 0.6) is 0 Å². The van der Waals surface area contributed by atoms with Crippen molar-refractivity contribution in [2.45, 2.75) is 33.7 Å². The Bertz CT molecular complexity index is 488. The third-order valence-corrected chi connectivity index (χ3v) is 3.34. The predicted octanol–water partition coefficient (Wildman–Crippen LogP) is 1.78. The van der Waals surface area contributed by atoms with Crippen LogP contribution in [0.3, 0.4) is 0 Å². The van der Waals surface area contributed by atoms with Gasteiger partial charge < -0.3 is 10.6 Å². The van der Waals surface area contributed by atoms with Gasteiger partial charge >= 0.3 is 0 Å². The number of rotatable bonds is 7. The summed E-state index contributed by atoms with van der Waals surface area (Å²) in [6.07, 6.45) is 0. The molecule has 1 aromatic carbocycles. The quantitative estimate of drug-likeness (QED) is 0.805. The highest BCUT2D eigenvalue weighted by atomic mass is 16.2. The summed E-state index contributed by atoms with van der Waals surface area (Å²) < 4.78 is 0. The van der Waals surface area contributed by atoms with Gasteiger partial charge in [0, 0.05) is 12.2 Å². The molecule has 0 aliphatic rings. The normalized spacial score (nSPS) is 12.0. The Balaban J connectivity index is 2.64. The van der Waals surface area contributed by atoms with Crippen molar-refractivity contribution in [2.75, 3.05) is 25.0 Å². The maximum atomic E-state index is 12.3. The van der Waals surface area contributed by atoms with Crippen LogP contribution in [-0.2, 0) is 9.59 Å². The van der Waals surface area contributed by atoms with E-state index >= 15 is 0 Å². The number of nitrogens with zero attached hydrogens (tertiary/aromatic N) is 1. The molecule has 21 heavy (non-hydrogen) atoms. The average molecular weight is 291 g/mol. The molecule has 1 rings (SSSR count). The second-order valence-corrected chi connectivity index (χ2v) is 5.05. The summed E-state index contributed by atoms with van der Waals surface area (Å²) in [6, 6.07) is 7.30. The number of amides is 2. The van der Waals surface area contributed by atoms with E-state index in [-0.39, 0.29) is 24.4 Å². The van der Waals surface area contributed by atoms with Gasteiger partial charge in [0.2, 0.25) is 11.8 Å². The van der Waals surface area contributed by atoms with Crippen LogP contribution in [0.15, 0.2) is 24.3 Å². The van der Waals surface area contributed by atoms with Crippen LogP contribution in [0.1, 0.15) is 26.3 Å². The van der Waals surface area contributed by atoms with Crippen molar-refractivity contribution in [3.8, 4) is 0 Å². The summed E-state index contributed by atoms with van der Waals surface area (Å²) >= 11 is 0. The van der Waals surface area contributed by atoms with Gasteiger partial charge in [0.25, 0.3) is 0 Å². The molecule has 0 heterocycles. The van der Waals surface area contributed by atoms with Crippen molar-refractivity contribution in [1.29, 1.82) is 0 Å². The third-order valence-electron chi connectivity index (χ3n) is 3.34. The van der Waals surface area contributed by atoms with E-state index in [4.69, 9.17) is 0 Å². The van der Waals surface area contributed by atoms with Crippen LogP contribution < -0.4 is 10.6 Å². The molecule has 0 unspecified atom stereocenters. The largest absolute Gasteiger partial charge is 0.355 e. The summed E-state index contributed by atoms with van der Waals surface area (Å²) in [5.74, 6) is -0.165. The highest BCUT2D eigenvalue weighted by Gasteiger charge is 2.22. The van der Waals surface area contributed by atoms with Crippen LogP contribution in [0, 0.1) is 6.92 Å². The van der Waals surface area contributed by atoms with Gasteiger partial charge in [0.1, 0.15) is 0 Å². The van der Waals surface area contributed by atoms with Crippen molar-refractivity contribution in [3.63, 3.8) is 0 Å². The fraction of sp³-hybridized carbons (Fsp3) is 0.500. The topological polar surface area (TPSA) is 61.4 Å². The molecule has 0 bridgehead atoms. The molecule has 0 aromatic heterocycles. The van der Waals surface area contributed by atoms with E-state index in [9.17, 15) is 9.59 Å². The predicted molar refractivity (Wildman–Crippen MR) is 85.2 cm³/mol. The number of hydrogen-bond acceptors (Lipinski definition) is 3. The van der Waals surface area contributed by atoms with Crippen LogP contribution in [0.2, 0.25) is 0 Å². The van der Waals surface area contributed by atoms with E-state index in [1.165, 1.54) is 0 Å². The lowest BCUT2D eigenvalue weighted by Crippen LogP contribution is -2.46. The van der Waals surface area contributed by atoms with E-state index in [2.05, 4.69) is 10.6 Å². The van der Waals surface area contributed by atoms with E-state index in [1.54, 1.807) is 0 Å². The lowest BCUT2D eigenvalue weighted by Gasteiger charge is -2.26. The van der Waals surface area contributed by atoms with Crippen molar-refractivity contribution in [2.24, 2.45) is 0 Å². The van der Waals surface area contributed by atoms with E-state index in [1.807, 2.05) is 56.9 Å². The second-order valence-electron chi connectivity index (χ2n) is 5.05. The summed E-state index contributed by atoms with van der Waals surface area (Å²) in [5, 5.41) is 5.64. The van der Waals surface area contributed by atoms with Crippen molar-refractivity contribution in [3.05, 3.63) is 29.8 Å². The standard InChI is InChI=1S/C16H25N3O2/c1-5-17-15(20)11-19(6-2)13(4)16(21)18-14-9-7-8-12(3)10-14/h7-10,13H,5-6,11H2,1-4H3,(H,17,20)(H,18,21)/t13-/m1/s1. The molecule has 0 saturated heterocycles. The number of nitrogens with one attached hydrogen (secondary N) is 2. The molecule has 0 radical (unpaired) electrons. The molecule has 0 saturated carbocycles. The minimum absolute atomic E-state index is 0.0606. The molecule has 5 heteroatoms. The zero-order chi connectivity index (χ0) is 15.8. The molecule has 2 N–H and O–H groups in total. The number of benzene rings is 1. The molecule has 0 aliphatic heterocycles. The smallest absolute Gasteiger partial charge is 0.241 e. The van der Waals surface area contributed by atoms with E-state index in [0.29, 0.717) is 13.1 Å². The molecule has 0 aliphatic carbocycles. The zero-order valence-corrected chi connectivity index (χ0v) is 13.3. The minimum atomic E-state index is -0.363. The minimum Gasteiger partial charge on any atom is -0.355 e. The Morgan fingerprint density at radius 1 is 1.29 bits per heavy atom. The first-order valence-corrected chi connectivity index (χ1v) is 7.36. The Labute approximate surface area is 126 Å². The van der Waals surface area contributed by atoms with Gasteiger partial charge in [-0.2, -0.15) is 0 Å². The summed E-state index contributed by atoms with van der Waals surface area (Å²) in [4.78, 5) is 25.8. The van der Waals surface area contributed by atoms with E-state index in [0.717, 1.165) is 11.3 Å². The summed E-state index contributed by atoms with van der Waals surface area (Å²) in [5.41, 5.74) is 1.87. The van der Waals surface area contributed by atoms with Gasteiger partial charge in [-0.1, -0.05) is 19.1 Å². The molecular weight excluding hydrogens is 266 g/mol. The number of anilines is 1. The van der Waals surface area contributed by atoms with Crippen molar-refractivity contribution in [1.82, 2.24) is 10.2 Å². The fourth-order valence-electron chi connectivity index (χ4n) is 2.10. The first-order chi connectivity index (χ1) is 9.97. The van der Waals surface area contributed by atoms with Crippen LogP contribution in [0.25, 0.3) is 0 Å². The lowest BCUT2D eigenvalue weighted by atomic mass is 10.2. The molecule has 0 spiro atoms. The summed E-state index contributed by atoms with van der Waals surface area (Å²) in [7, 11) is 0. The molecule has 1 atom stereocenters. The molecule has 0 fully saturated rings.